The first-order valence-electron chi connectivity index (χ1n) is 5.14. The van der Waals surface area contributed by atoms with Crippen LogP contribution in [-0.4, -0.2) is 9.97 Å². The Labute approximate surface area is 83.8 Å². The van der Waals surface area contributed by atoms with Gasteiger partial charge in [0.1, 0.15) is 0 Å². The third-order valence-electron chi connectivity index (χ3n) is 4.01. The van der Waals surface area contributed by atoms with Gasteiger partial charge in [-0.3, -0.25) is 0 Å². The van der Waals surface area contributed by atoms with E-state index in [1.54, 1.807) is 0 Å². The van der Waals surface area contributed by atoms with E-state index in [9.17, 15) is 0 Å². The maximum atomic E-state index is 5.64. The molecule has 74 valence electrons. The summed E-state index contributed by atoms with van der Waals surface area (Å²) in [6, 6.07) is 0. The fourth-order valence-electron chi connectivity index (χ4n) is 3.13. The molecule has 1 aromatic heterocycles. The second-order valence-electron chi connectivity index (χ2n) is 5.14. The van der Waals surface area contributed by atoms with Crippen molar-refractivity contribution in [1.29, 1.82) is 0 Å². The highest BCUT2D eigenvalue weighted by Crippen LogP contribution is 2.70. The van der Waals surface area contributed by atoms with Gasteiger partial charge in [0, 0.05) is 5.69 Å². The normalized spacial score (nSPS) is 31.1. The second-order valence-corrected chi connectivity index (χ2v) is 5.14. The van der Waals surface area contributed by atoms with Crippen LogP contribution in [0.15, 0.2) is 0 Å². The molecule has 2 aliphatic carbocycles. The number of fused-ring (bicyclic) bond motifs is 3. The molecule has 0 saturated heterocycles. The van der Waals surface area contributed by atoms with Crippen LogP contribution in [0, 0.1) is 18.3 Å². The van der Waals surface area contributed by atoms with Crippen molar-refractivity contribution in [2.24, 2.45) is 11.3 Å². The summed E-state index contributed by atoms with van der Waals surface area (Å²) in [6.45, 7) is 6.72. The summed E-state index contributed by atoms with van der Waals surface area (Å²) in [7, 11) is 0. The lowest BCUT2D eigenvalue weighted by Gasteiger charge is -2.12. The number of aryl methyl sites for hydroxylation is 1. The first-order valence-corrected chi connectivity index (χ1v) is 5.14. The van der Waals surface area contributed by atoms with Crippen molar-refractivity contribution in [2.45, 2.75) is 33.1 Å². The molecule has 2 aliphatic rings. The first-order chi connectivity index (χ1) is 6.51. The maximum absolute atomic E-state index is 5.64. The van der Waals surface area contributed by atoms with E-state index in [-0.39, 0.29) is 0 Å². The number of nitrogens with zero attached hydrogens (tertiary/aromatic N) is 2. The Morgan fingerprint density at radius 1 is 1.36 bits per heavy atom. The Hall–Kier alpha value is -1.12. The van der Waals surface area contributed by atoms with Crippen LogP contribution in [0.3, 0.4) is 0 Å². The van der Waals surface area contributed by atoms with Gasteiger partial charge >= 0.3 is 0 Å². The molecule has 1 saturated carbocycles. The molecule has 14 heavy (non-hydrogen) atoms. The molecule has 2 unspecified atom stereocenters. The molecule has 1 fully saturated rings. The molecule has 1 heterocycles. The minimum absolute atomic E-state index is 0.431. The monoisotopic (exact) mass is 189 g/mol. The van der Waals surface area contributed by atoms with E-state index in [0.29, 0.717) is 17.3 Å². The molecule has 0 amide bonds. The minimum Gasteiger partial charge on any atom is -0.368 e. The summed E-state index contributed by atoms with van der Waals surface area (Å²) >= 11 is 0. The van der Waals surface area contributed by atoms with Crippen LogP contribution in [0.4, 0.5) is 5.95 Å². The van der Waals surface area contributed by atoms with Gasteiger partial charge in [-0.15, -0.1) is 0 Å². The molecular formula is C11H15N3. The van der Waals surface area contributed by atoms with Crippen LogP contribution in [-0.2, 0) is 6.42 Å². The van der Waals surface area contributed by atoms with Crippen molar-refractivity contribution in [2.75, 3.05) is 5.73 Å². The molecule has 3 heteroatoms. The molecule has 0 aliphatic heterocycles. The summed E-state index contributed by atoms with van der Waals surface area (Å²) in [5, 5.41) is 0. The van der Waals surface area contributed by atoms with E-state index in [2.05, 4.69) is 23.8 Å². The topological polar surface area (TPSA) is 51.8 Å². The van der Waals surface area contributed by atoms with Crippen molar-refractivity contribution < 1.29 is 0 Å². The summed E-state index contributed by atoms with van der Waals surface area (Å²) < 4.78 is 0. The highest BCUT2D eigenvalue weighted by atomic mass is 15.0. The minimum atomic E-state index is 0.431. The summed E-state index contributed by atoms with van der Waals surface area (Å²) in [6.07, 6.45) is 1.10. The number of aromatic nitrogens is 2. The molecule has 0 spiro atoms. The van der Waals surface area contributed by atoms with Crippen LogP contribution in [0.2, 0.25) is 0 Å². The number of hydrogen-bond donors (Lipinski definition) is 1. The number of nitrogen functional groups attached to an aromatic ring is 1. The molecule has 2 N–H and O–H groups in total. The first kappa shape index (κ1) is 8.21. The zero-order valence-corrected chi connectivity index (χ0v) is 8.83. The predicted molar refractivity (Wildman–Crippen MR) is 54.9 cm³/mol. The number of nitrogens with two attached hydrogens (primary N) is 1. The SMILES string of the molecule is Cc1nc(N)nc2c1C1C(C2)C1(C)C. The molecular weight excluding hydrogens is 174 g/mol. The van der Waals surface area contributed by atoms with E-state index < -0.39 is 0 Å². The Kier molecular flexibility index (Phi) is 1.23. The lowest BCUT2D eigenvalue weighted by Crippen LogP contribution is -2.08. The summed E-state index contributed by atoms with van der Waals surface area (Å²) in [5.41, 5.74) is 9.78. The van der Waals surface area contributed by atoms with Gasteiger partial charge in [0.2, 0.25) is 5.95 Å². The average Bonchev–Trinajstić information content (AvgIpc) is 2.48. The highest BCUT2D eigenvalue weighted by Gasteiger charge is 2.63. The largest absolute Gasteiger partial charge is 0.368 e. The summed E-state index contributed by atoms with van der Waals surface area (Å²) in [4.78, 5) is 8.58. The number of anilines is 1. The zero-order valence-electron chi connectivity index (χ0n) is 8.83. The molecule has 2 atom stereocenters. The molecule has 0 radical (unpaired) electrons. The van der Waals surface area contributed by atoms with Gasteiger partial charge in [-0.1, -0.05) is 13.8 Å². The fraction of sp³-hybridized carbons (Fsp3) is 0.636. The quantitative estimate of drug-likeness (QED) is 0.675. The lowest BCUT2D eigenvalue weighted by atomic mass is 9.97. The van der Waals surface area contributed by atoms with Crippen molar-refractivity contribution in [3.05, 3.63) is 17.0 Å². The van der Waals surface area contributed by atoms with Gasteiger partial charge in [0.05, 0.1) is 5.69 Å². The van der Waals surface area contributed by atoms with Crippen molar-refractivity contribution >= 4 is 5.95 Å². The maximum Gasteiger partial charge on any atom is 0.220 e. The van der Waals surface area contributed by atoms with Crippen LogP contribution in [0.1, 0.15) is 36.7 Å². The predicted octanol–water partition coefficient (Wildman–Crippen LogP) is 1.66. The van der Waals surface area contributed by atoms with E-state index in [0.717, 1.165) is 18.0 Å². The van der Waals surface area contributed by atoms with Gasteiger partial charge in [-0.25, -0.2) is 9.97 Å². The zero-order chi connectivity index (χ0) is 10.1. The van der Waals surface area contributed by atoms with Gasteiger partial charge in [-0.05, 0) is 36.2 Å². The van der Waals surface area contributed by atoms with Crippen molar-refractivity contribution in [1.82, 2.24) is 9.97 Å². The van der Waals surface area contributed by atoms with Gasteiger partial charge in [-0.2, -0.15) is 0 Å². The van der Waals surface area contributed by atoms with E-state index >= 15 is 0 Å². The van der Waals surface area contributed by atoms with E-state index in [4.69, 9.17) is 5.73 Å². The van der Waals surface area contributed by atoms with Gasteiger partial charge in [0.25, 0.3) is 0 Å². The van der Waals surface area contributed by atoms with Gasteiger partial charge < -0.3 is 5.73 Å². The third kappa shape index (κ3) is 0.781. The second kappa shape index (κ2) is 2.10. The highest BCUT2D eigenvalue weighted by molar-refractivity contribution is 5.46. The lowest BCUT2D eigenvalue weighted by molar-refractivity contribution is 0.534. The van der Waals surface area contributed by atoms with Crippen LogP contribution >= 0.6 is 0 Å². The van der Waals surface area contributed by atoms with E-state index in [1.165, 1.54) is 11.3 Å². The Bertz CT molecular complexity index is 423. The summed E-state index contributed by atoms with van der Waals surface area (Å²) in [5.74, 6) is 1.91. The van der Waals surface area contributed by atoms with E-state index in [1.807, 2.05) is 6.92 Å². The third-order valence-corrected chi connectivity index (χ3v) is 4.01. The molecule has 0 bridgehead atoms. The van der Waals surface area contributed by atoms with Crippen LogP contribution in [0.5, 0.6) is 0 Å². The smallest absolute Gasteiger partial charge is 0.220 e. The molecule has 3 rings (SSSR count). The fourth-order valence-corrected chi connectivity index (χ4v) is 3.13. The standard InChI is InChI=1S/C11H15N3/c1-5-8-7(14-10(12)13-5)4-6-9(8)11(6,2)3/h6,9H,4H2,1-3H3,(H2,12,13,14). The molecule has 1 aromatic rings. The Balaban J connectivity index is 2.16. The van der Waals surface area contributed by atoms with Crippen LogP contribution < -0.4 is 5.73 Å². The Morgan fingerprint density at radius 2 is 2.07 bits per heavy atom. The average molecular weight is 189 g/mol. The Morgan fingerprint density at radius 3 is 2.79 bits per heavy atom. The molecule has 0 aromatic carbocycles. The van der Waals surface area contributed by atoms with Gasteiger partial charge in [0.15, 0.2) is 0 Å². The number of hydrogen-bond acceptors (Lipinski definition) is 3. The molecule has 3 nitrogen and oxygen atoms in total. The van der Waals surface area contributed by atoms with Crippen molar-refractivity contribution in [3.63, 3.8) is 0 Å². The van der Waals surface area contributed by atoms with Crippen LogP contribution in [0.25, 0.3) is 0 Å². The number of rotatable bonds is 0. The van der Waals surface area contributed by atoms with Crippen molar-refractivity contribution in [3.8, 4) is 0 Å².